The normalized spacial score (nSPS) is 15.9. The molecule has 2 heterocycles. The lowest BCUT2D eigenvalue weighted by molar-refractivity contribution is -0.136. The molecule has 1 aromatic heterocycles. The van der Waals surface area contributed by atoms with Gasteiger partial charge in [-0.3, -0.25) is 9.59 Å². The van der Waals surface area contributed by atoms with Crippen molar-refractivity contribution in [1.29, 1.82) is 0 Å². The highest BCUT2D eigenvalue weighted by molar-refractivity contribution is 7.10. The Balaban J connectivity index is 1.54. The van der Waals surface area contributed by atoms with Crippen molar-refractivity contribution >= 4 is 23.2 Å². The molecule has 7 heteroatoms. The lowest BCUT2D eigenvalue weighted by atomic mass is 10.00. The molecule has 1 aliphatic rings. The van der Waals surface area contributed by atoms with Crippen LogP contribution in [0.1, 0.15) is 52.7 Å². The minimum absolute atomic E-state index is 0.0646. The fraction of sp³-hybridized carbons (Fsp3) is 0.357. The number of amides is 2. The topological polar surface area (TPSA) is 49.9 Å². The largest absolute Gasteiger partial charge is 0.491 e. The van der Waals surface area contributed by atoms with E-state index in [-0.39, 0.29) is 36.0 Å². The van der Waals surface area contributed by atoms with Crippen LogP contribution in [0.25, 0.3) is 0 Å². The van der Waals surface area contributed by atoms with Gasteiger partial charge in [-0.2, -0.15) is 0 Å². The van der Waals surface area contributed by atoms with Gasteiger partial charge in [0.1, 0.15) is 24.7 Å². The predicted molar refractivity (Wildman–Crippen MR) is 136 cm³/mol. The summed E-state index contributed by atoms with van der Waals surface area (Å²) in [7, 11) is 0. The van der Waals surface area contributed by atoms with Crippen LogP contribution in [-0.2, 0) is 11.2 Å². The summed E-state index contributed by atoms with van der Waals surface area (Å²) in [6, 6.07) is 15.1. The SMILES string of the molecule is CC[C@@H](C)N(CC(=O)N1CCc2sccc2[C@@H]1COc1ccc(C)cc1)C(=O)c1cccc(F)c1. The van der Waals surface area contributed by atoms with E-state index in [1.807, 2.05) is 49.9 Å². The molecule has 2 amide bonds. The fourth-order valence-corrected chi connectivity index (χ4v) is 5.28. The zero-order chi connectivity index (χ0) is 24.9. The van der Waals surface area contributed by atoms with E-state index in [4.69, 9.17) is 4.74 Å². The molecule has 3 aromatic rings. The Morgan fingerprint density at radius 3 is 2.69 bits per heavy atom. The van der Waals surface area contributed by atoms with Gasteiger partial charge >= 0.3 is 0 Å². The van der Waals surface area contributed by atoms with Gasteiger partial charge in [-0.25, -0.2) is 4.39 Å². The standard InChI is InChI=1S/C28H31FN2O3S/c1-4-20(3)31(28(33)21-6-5-7-22(29)16-21)17-27(32)30-14-12-26-24(13-15-35-26)25(30)18-34-23-10-8-19(2)9-11-23/h5-11,13,15-16,20,25H,4,12,14,17-18H2,1-3H3/t20-,25+/m1/s1. The smallest absolute Gasteiger partial charge is 0.254 e. The van der Waals surface area contributed by atoms with Gasteiger partial charge in [0.25, 0.3) is 5.91 Å². The van der Waals surface area contributed by atoms with Gasteiger partial charge in [0, 0.05) is 23.0 Å². The first-order valence-corrected chi connectivity index (χ1v) is 12.9. The zero-order valence-electron chi connectivity index (χ0n) is 20.4. The zero-order valence-corrected chi connectivity index (χ0v) is 21.2. The van der Waals surface area contributed by atoms with Gasteiger partial charge in [0.2, 0.25) is 5.91 Å². The van der Waals surface area contributed by atoms with Crippen LogP contribution in [0.4, 0.5) is 4.39 Å². The van der Waals surface area contributed by atoms with Gasteiger partial charge in [0.15, 0.2) is 0 Å². The Labute approximate surface area is 210 Å². The molecule has 4 rings (SSSR count). The van der Waals surface area contributed by atoms with Crippen LogP contribution < -0.4 is 4.74 Å². The Hall–Kier alpha value is -3.19. The van der Waals surface area contributed by atoms with Crippen LogP contribution in [-0.4, -0.2) is 47.4 Å². The maximum Gasteiger partial charge on any atom is 0.254 e. The second kappa shape index (κ2) is 11.0. The Morgan fingerprint density at radius 2 is 1.97 bits per heavy atom. The molecular formula is C28H31FN2O3S. The molecular weight excluding hydrogens is 463 g/mol. The molecule has 0 radical (unpaired) electrons. The van der Waals surface area contributed by atoms with Crippen LogP contribution in [0, 0.1) is 12.7 Å². The second-order valence-electron chi connectivity index (χ2n) is 8.98. The lowest BCUT2D eigenvalue weighted by Crippen LogP contribution is -2.49. The summed E-state index contributed by atoms with van der Waals surface area (Å²) in [4.78, 5) is 31.5. The number of ether oxygens (including phenoxy) is 1. The summed E-state index contributed by atoms with van der Waals surface area (Å²) in [5.74, 6) is -0.189. The molecule has 0 bridgehead atoms. The monoisotopic (exact) mass is 494 g/mol. The van der Waals surface area contributed by atoms with E-state index in [1.165, 1.54) is 23.1 Å². The average molecular weight is 495 g/mol. The summed E-state index contributed by atoms with van der Waals surface area (Å²) in [6.45, 7) is 6.74. The van der Waals surface area contributed by atoms with Gasteiger partial charge in [0.05, 0.1) is 6.04 Å². The van der Waals surface area contributed by atoms with Crippen molar-refractivity contribution in [3.63, 3.8) is 0 Å². The highest BCUT2D eigenvalue weighted by Crippen LogP contribution is 2.34. The number of benzene rings is 2. The van der Waals surface area contributed by atoms with E-state index in [0.717, 1.165) is 23.3 Å². The third kappa shape index (κ3) is 5.73. The van der Waals surface area contributed by atoms with Crippen molar-refractivity contribution in [2.24, 2.45) is 0 Å². The van der Waals surface area contributed by atoms with Crippen molar-refractivity contribution < 1.29 is 18.7 Å². The lowest BCUT2D eigenvalue weighted by Gasteiger charge is -2.38. The van der Waals surface area contributed by atoms with Gasteiger partial charge in [-0.15, -0.1) is 11.3 Å². The summed E-state index contributed by atoms with van der Waals surface area (Å²) in [6.07, 6.45) is 1.46. The van der Waals surface area contributed by atoms with Crippen LogP contribution in [0.3, 0.4) is 0 Å². The molecule has 0 fully saturated rings. The molecule has 184 valence electrons. The number of hydrogen-bond acceptors (Lipinski definition) is 4. The minimum atomic E-state index is -0.472. The molecule has 2 aromatic carbocycles. The number of aryl methyl sites for hydroxylation is 1. The molecule has 5 nitrogen and oxygen atoms in total. The van der Waals surface area contributed by atoms with E-state index in [1.54, 1.807) is 22.3 Å². The number of rotatable bonds is 8. The molecule has 0 N–H and O–H groups in total. The maximum atomic E-state index is 13.8. The summed E-state index contributed by atoms with van der Waals surface area (Å²) < 4.78 is 19.9. The number of nitrogens with zero attached hydrogens (tertiary/aromatic N) is 2. The molecule has 2 atom stereocenters. The molecule has 1 aliphatic heterocycles. The first-order valence-electron chi connectivity index (χ1n) is 12.0. The summed E-state index contributed by atoms with van der Waals surface area (Å²) >= 11 is 1.70. The van der Waals surface area contributed by atoms with Gasteiger partial charge in [-0.1, -0.05) is 30.7 Å². The Bertz CT molecular complexity index is 1180. The highest BCUT2D eigenvalue weighted by Gasteiger charge is 2.34. The second-order valence-corrected chi connectivity index (χ2v) is 9.98. The third-order valence-corrected chi connectivity index (χ3v) is 7.60. The number of carbonyl (C=O) groups is 2. The average Bonchev–Trinajstić information content (AvgIpc) is 3.35. The summed E-state index contributed by atoms with van der Waals surface area (Å²) in [5, 5.41) is 2.05. The van der Waals surface area contributed by atoms with E-state index in [2.05, 4.69) is 11.4 Å². The van der Waals surface area contributed by atoms with Crippen LogP contribution >= 0.6 is 11.3 Å². The number of thiophene rings is 1. The number of fused-ring (bicyclic) bond motifs is 1. The first-order chi connectivity index (χ1) is 16.9. The predicted octanol–water partition coefficient (Wildman–Crippen LogP) is 5.64. The molecule has 0 unspecified atom stereocenters. The molecule has 0 saturated carbocycles. The summed E-state index contributed by atoms with van der Waals surface area (Å²) in [5.41, 5.74) is 2.50. The molecule has 0 spiro atoms. The number of halogens is 1. The van der Waals surface area contributed by atoms with Crippen LogP contribution in [0.2, 0.25) is 0 Å². The third-order valence-electron chi connectivity index (χ3n) is 6.60. The Morgan fingerprint density at radius 1 is 1.20 bits per heavy atom. The van der Waals surface area contributed by atoms with Crippen molar-refractivity contribution in [2.75, 3.05) is 19.7 Å². The van der Waals surface area contributed by atoms with E-state index in [0.29, 0.717) is 19.6 Å². The fourth-order valence-electron chi connectivity index (χ4n) is 4.36. The van der Waals surface area contributed by atoms with E-state index >= 15 is 0 Å². The highest BCUT2D eigenvalue weighted by atomic mass is 32.1. The number of hydrogen-bond donors (Lipinski definition) is 0. The first kappa shape index (κ1) is 24.9. The number of carbonyl (C=O) groups excluding carboxylic acids is 2. The van der Waals surface area contributed by atoms with Crippen molar-refractivity contribution in [3.05, 3.63) is 87.4 Å². The maximum absolute atomic E-state index is 13.8. The molecule has 35 heavy (non-hydrogen) atoms. The Kier molecular flexibility index (Phi) is 7.86. The van der Waals surface area contributed by atoms with Gasteiger partial charge < -0.3 is 14.5 Å². The minimum Gasteiger partial charge on any atom is -0.491 e. The quantitative estimate of drug-likeness (QED) is 0.407. The van der Waals surface area contributed by atoms with Crippen molar-refractivity contribution in [3.8, 4) is 5.75 Å². The van der Waals surface area contributed by atoms with Crippen LogP contribution in [0.15, 0.2) is 60.0 Å². The van der Waals surface area contributed by atoms with Crippen molar-refractivity contribution in [1.82, 2.24) is 9.80 Å². The van der Waals surface area contributed by atoms with E-state index < -0.39 is 5.82 Å². The molecule has 0 aliphatic carbocycles. The van der Waals surface area contributed by atoms with E-state index in [9.17, 15) is 14.0 Å². The van der Waals surface area contributed by atoms with Gasteiger partial charge in [-0.05, 0) is 74.0 Å². The van der Waals surface area contributed by atoms with Crippen LogP contribution in [0.5, 0.6) is 5.75 Å². The van der Waals surface area contributed by atoms with Crippen molar-refractivity contribution in [2.45, 2.75) is 45.7 Å². The molecule has 0 saturated heterocycles.